The van der Waals surface area contributed by atoms with E-state index in [1.807, 2.05) is 31.2 Å². The van der Waals surface area contributed by atoms with Crippen LogP contribution in [0.3, 0.4) is 0 Å². The van der Waals surface area contributed by atoms with Gasteiger partial charge in [-0.15, -0.1) is 11.3 Å². The topological polar surface area (TPSA) is 88.3 Å². The van der Waals surface area contributed by atoms with Gasteiger partial charge in [-0.2, -0.15) is 0 Å². The molecule has 0 atom stereocenters. The Bertz CT molecular complexity index is 838. The minimum Gasteiger partial charge on any atom is -0.370 e. The van der Waals surface area contributed by atoms with Gasteiger partial charge in [0.1, 0.15) is 4.88 Å². The Hall–Kier alpha value is -2.41. The van der Waals surface area contributed by atoms with Crippen molar-refractivity contribution < 1.29 is 9.59 Å². The number of para-hydroxylation sites is 2. The van der Waals surface area contributed by atoms with E-state index in [2.05, 4.69) is 29.0 Å². The number of primary amides is 1. The Morgan fingerprint density at radius 3 is 2.52 bits per heavy atom. The van der Waals surface area contributed by atoms with Gasteiger partial charge in [0.25, 0.3) is 5.91 Å². The molecule has 0 unspecified atom stereocenters. The van der Waals surface area contributed by atoms with Crippen molar-refractivity contribution in [3.05, 3.63) is 39.8 Å². The van der Waals surface area contributed by atoms with Gasteiger partial charge in [0.05, 0.1) is 22.1 Å². The number of piperidine rings is 1. The van der Waals surface area contributed by atoms with Crippen LogP contribution >= 0.6 is 11.3 Å². The van der Waals surface area contributed by atoms with Crippen molar-refractivity contribution in [3.63, 3.8) is 0 Å². The molecule has 2 heterocycles. The van der Waals surface area contributed by atoms with Gasteiger partial charge in [0.15, 0.2) is 0 Å². The highest BCUT2D eigenvalue weighted by Crippen LogP contribution is 2.31. The molecular weight excluding hydrogens is 360 g/mol. The fourth-order valence-corrected chi connectivity index (χ4v) is 4.28. The second-order valence-electron chi connectivity index (χ2n) is 7.26. The summed E-state index contributed by atoms with van der Waals surface area (Å²) in [7, 11) is 0. The summed E-state index contributed by atoms with van der Waals surface area (Å²) in [4.78, 5) is 31.6. The molecule has 6 nitrogen and oxygen atoms in total. The maximum Gasteiger partial charge on any atom is 0.267 e. The lowest BCUT2D eigenvalue weighted by Crippen LogP contribution is -2.38. The van der Waals surface area contributed by atoms with Gasteiger partial charge in [-0.1, -0.05) is 26.0 Å². The number of nitrogens with zero attached hydrogens (tertiary/aromatic N) is 2. The Labute approximate surface area is 163 Å². The summed E-state index contributed by atoms with van der Waals surface area (Å²) in [6.07, 6.45) is 1.48. The fourth-order valence-electron chi connectivity index (χ4n) is 3.31. The molecule has 3 rings (SSSR count). The highest BCUT2D eigenvalue weighted by molar-refractivity contribution is 7.14. The Morgan fingerprint density at radius 2 is 1.93 bits per heavy atom. The molecule has 1 aromatic heterocycles. The van der Waals surface area contributed by atoms with Crippen LogP contribution in [0, 0.1) is 12.8 Å². The molecule has 2 aromatic rings. The number of amides is 2. The molecule has 0 spiro atoms. The minimum atomic E-state index is -0.224. The molecular formula is C20H26N4O2S. The Balaban J connectivity index is 1.77. The summed E-state index contributed by atoms with van der Waals surface area (Å²) >= 11 is 1.45. The van der Waals surface area contributed by atoms with Gasteiger partial charge in [-0.25, -0.2) is 4.98 Å². The second-order valence-corrected chi connectivity index (χ2v) is 8.29. The molecule has 0 saturated carbocycles. The van der Waals surface area contributed by atoms with E-state index in [1.165, 1.54) is 11.3 Å². The van der Waals surface area contributed by atoms with Crippen molar-refractivity contribution in [1.82, 2.24) is 4.98 Å². The molecule has 27 heavy (non-hydrogen) atoms. The van der Waals surface area contributed by atoms with E-state index in [4.69, 9.17) is 5.73 Å². The van der Waals surface area contributed by atoms with Gasteiger partial charge in [-0.05, 0) is 31.9 Å². The summed E-state index contributed by atoms with van der Waals surface area (Å²) in [5.74, 6) is -0.111. The van der Waals surface area contributed by atoms with Crippen LogP contribution in [0.4, 0.5) is 11.4 Å². The third kappa shape index (κ3) is 4.30. The second kappa shape index (κ2) is 8.08. The van der Waals surface area contributed by atoms with Crippen LogP contribution in [0.1, 0.15) is 53.0 Å². The lowest BCUT2D eigenvalue weighted by molar-refractivity contribution is -0.122. The van der Waals surface area contributed by atoms with Crippen LogP contribution in [0.15, 0.2) is 24.3 Å². The third-order valence-corrected chi connectivity index (χ3v) is 6.36. The highest BCUT2D eigenvalue weighted by atomic mass is 32.1. The highest BCUT2D eigenvalue weighted by Gasteiger charge is 2.25. The smallest absolute Gasteiger partial charge is 0.267 e. The number of rotatable bonds is 5. The maximum absolute atomic E-state index is 12.8. The van der Waals surface area contributed by atoms with Crippen LogP contribution in [0.25, 0.3) is 0 Å². The fraction of sp³-hybridized carbons (Fsp3) is 0.450. The van der Waals surface area contributed by atoms with E-state index in [-0.39, 0.29) is 17.7 Å². The zero-order chi connectivity index (χ0) is 19.6. The molecule has 144 valence electrons. The number of benzene rings is 1. The molecule has 1 saturated heterocycles. The molecule has 0 aliphatic carbocycles. The number of hydrogen-bond acceptors (Lipinski definition) is 5. The van der Waals surface area contributed by atoms with Crippen LogP contribution < -0.4 is 16.0 Å². The van der Waals surface area contributed by atoms with Gasteiger partial charge < -0.3 is 16.0 Å². The summed E-state index contributed by atoms with van der Waals surface area (Å²) in [5.41, 5.74) is 7.94. The molecule has 1 aromatic carbocycles. The number of thiazole rings is 1. The minimum absolute atomic E-state index is 0.0581. The maximum atomic E-state index is 12.8. The van der Waals surface area contributed by atoms with E-state index in [9.17, 15) is 9.59 Å². The Morgan fingerprint density at radius 1 is 1.26 bits per heavy atom. The van der Waals surface area contributed by atoms with Crippen LogP contribution in [-0.2, 0) is 4.79 Å². The van der Waals surface area contributed by atoms with Crippen LogP contribution in [0.5, 0.6) is 0 Å². The van der Waals surface area contributed by atoms with E-state index in [0.29, 0.717) is 10.8 Å². The Kier molecular flexibility index (Phi) is 5.79. The number of aryl methyl sites for hydroxylation is 1. The first-order valence-corrected chi connectivity index (χ1v) is 10.1. The average Bonchev–Trinajstić information content (AvgIpc) is 3.04. The van der Waals surface area contributed by atoms with E-state index >= 15 is 0 Å². The summed E-state index contributed by atoms with van der Waals surface area (Å²) < 4.78 is 0. The standard InChI is InChI=1S/C20H26N4O2S/c1-12(2)20-22-13(3)17(27-20)19(26)23-15-6-4-5-7-16(15)24-10-8-14(9-11-24)18(21)25/h4-7,12,14H,8-11H2,1-3H3,(H2,21,25)(H,23,26). The molecule has 3 N–H and O–H groups in total. The SMILES string of the molecule is Cc1nc(C(C)C)sc1C(=O)Nc1ccccc1N1CCC(C(N)=O)CC1. The van der Waals surface area contributed by atoms with Crippen molar-refractivity contribution in [2.24, 2.45) is 11.7 Å². The molecule has 1 aliphatic heterocycles. The van der Waals surface area contributed by atoms with Gasteiger partial charge in [0.2, 0.25) is 5.91 Å². The number of carbonyl (C=O) groups excluding carboxylic acids is 2. The lowest BCUT2D eigenvalue weighted by Gasteiger charge is -2.33. The molecule has 0 radical (unpaired) electrons. The quantitative estimate of drug-likeness (QED) is 0.823. The van der Waals surface area contributed by atoms with Crippen molar-refractivity contribution >= 4 is 34.5 Å². The first-order valence-electron chi connectivity index (χ1n) is 9.28. The van der Waals surface area contributed by atoms with Gasteiger partial charge >= 0.3 is 0 Å². The van der Waals surface area contributed by atoms with Crippen LogP contribution in [0.2, 0.25) is 0 Å². The molecule has 7 heteroatoms. The van der Waals surface area contributed by atoms with Crippen LogP contribution in [-0.4, -0.2) is 29.9 Å². The largest absolute Gasteiger partial charge is 0.370 e. The van der Waals surface area contributed by atoms with Crippen molar-refractivity contribution in [2.45, 2.75) is 39.5 Å². The monoisotopic (exact) mass is 386 g/mol. The zero-order valence-corrected chi connectivity index (χ0v) is 16.8. The number of hydrogen-bond donors (Lipinski definition) is 2. The number of nitrogens with one attached hydrogen (secondary N) is 1. The summed E-state index contributed by atoms with van der Waals surface area (Å²) in [6.45, 7) is 7.52. The summed E-state index contributed by atoms with van der Waals surface area (Å²) in [6, 6.07) is 7.78. The summed E-state index contributed by atoms with van der Waals surface area (Å²) in [5, 5.41) is 4.02. The first-order chi connectivity index (χ1) is 12.9. The van der Waals surface area contributed by atoms with Crippen molar-refractivity contribution in [1.29, 1.82) is 0 Å². The van der Waals surface area contributed by atoms with Crippen molar-refractivity contribution in [3.8, 4) is 0 Å². The van der Waals surface area contributed by atoms with E-state index in [1.54, 1.807) is 0 Å². The number of nitrogens with two attached hydrogens (primary N) is 1. The van der Waals surface area contributed by atoms with Crippen molar-refractivity contribution in [2.75, 3.05) is 23.3 Å². The average molecular weight is 387 g/mol. The number of aromatic nitrogens is 1. The molecule has 2 amide bonds. The predicted octanol–water partition coefficient (Wildman–Crippen LogP) is 3.53. The van der Waals surface area contributed by atoms with E-state index in [0.717, 1.165) is 48.0 Å². The zero-order valence-electron chi connectivity index (χ0n) is 16.0. The lowest BCUT2D eigenvalue weighted by atomic mass is 9.96. The third-order valence-electron chi connectivity index (χ3n) is 4.90. The molecule has 0 bridgehead atoms. The van der Waals surface area contributed by atoms with E-state index < -0.39 is 0 Å². The molecule has 1 aliphatic rings. The van der Waals surface area contributed by atoms with Gasteiger partial charge in [0, 0.05) is 24.9 Å². The molecule has 1 fully saturated rings. The number of carbonyl (C=O) groups is 2. The number of anilines is 2. The predicted molar refractivity (Wildman–Crippen MR) is 109 cm³/mol. The van der Waals surface area contributed by atoms with Gasteiger partial charge in [-0.3, -0.25) is 9.59 Å². The normalized spacial score (nSPS) is 15.2. The first kappa shape index (κ1) is 19.4.